The first-order valence-electron chi connectivity index (χ1n) is 11.6. The highest BCUT2D eigenvalue weighted by Crippen LogP contribution is 2.17. The van der Waals surface area contributed by atoms with Gasteiger partial charge in [0, 0.05) is 42.8 Å². The van der Waals surface area contributed by atoms with Crippen molar-refractivity contribution < 1.29 is 28.6 Å². The summed E-state index contributed by atoms with van der Waals surface area (Å²) in [4.78, 5) is 38.1. The third kappa shape index (κ3) is 7.18. The SMILES string of the molecule is CCOc1ccc(C(=O)NC(C(=O)OCC(=O)c2cc(C)n(CCCOC)c2C)C(C)C)cc1. The lowest BCUT2D eigenvalue weighted by Crippen LogP contribution is -2.45. The molecular formula is C26H36N2O6. The second-order valence-corrected chi connectivity index (χ2v) is 8.47. The number of nitrogens with one attached hydrogen (secondary N) is 1. The molecule has 1 aromatic heterocycles. The first-order chi connectivity index (χ1) is 16.2. The number of rotatable bonds is 13. The summed E-state index contributed by atoms with van der Waals surface area (Å²) in [5.41, 5.74) is 2.73. The van der Waals surface area contributed by atoms with Crippen LogP contribution in [0.1, 0.15) is 59.3 Å². The third-order valence-corrected chi connectivity index (χ3v) is 5.58. The van der Waals surface area contributed by atoms with Crippen LogP contribution in [0.2, 0.25) is 0 Å². The maximum Gasteiger partial charge on any atom is 0.329 e. The highest BCUT2D eigenvalue weighted by Gasteiger charge is 2.27. The summed E-state index contributed by atoms with van der Waals surface area (Å²) >= 11 is 0. The van der Waals surface area contributed by atoms with Crippen LogP contribution in [0.15, 0.2) is 30.3 Å². The van der Waals surface area contributed by atoms with Gasteiger partial charge in [0.2, 0.25) is 5.78 Å². The Bertz CT molecular complexity index is 978. The number of esters is 1. The average molecular weight is 473 g/mol. The molecule has 0 saturated heterocycles. The Kier molecular flexibility index (Phi) is 10.3. The second-order valence-electron chi connectivity index (χ2n) is 8.47. The van der Waals surface area contributed by atoms with Crippen LogP contribution < -0.4 is 10.1 Å². The predicted octanol–water partition coefficient (Wildman–Crippen LogP) is 3.72. The van der Waals surface area contributed by atoms with Crippen LogP contribution in [-0.2, 0) is 20.8 Å². The molecule has 8 heteroatoms. The molecule has 0 fully saturated rings. The molecule has 1 amide bonds. The van der Waals surface area contributed by atoms with Crippen LogP contribution in [0.3, 0.4) is 0 Å². The van der Waals surface area contributed by atoms with Crippen LogP contribution in [0, 0.1) is 19.8 Å². The number of amides is 1. The molecule has 34 heavy (non-hydrogen) atoms. The molecule has 1 unspecified atom stereocenters. The predicted molar refractivity (Wildman–Crippen MR) is 129 cm³/mol. The maximum atomic E-state index is 12.8. The van der Waals surface area contributed by atoms with Crippen LogP contribution in [0.4, 0.5) is 0 Å². The minimum absolute atomic E-state index is 0.222. The molecule has 1 aromatic carbocycles. The first-order valence-corrected chi connectivity index (χ1v) is 11.6. The molecule has 0 aliphatic heterocycles. The van der Waals surface area contributed by atoms with Crippen molar-refractivity contribution in [3.05, 3.63) is 52.8 Å². The number of ether oxygens (including phenoxy) is 3. The van der Waals surface area contributed by atoms with Gasteiger partial charge in [-0.25, -0.2) is 4.79 Å². The molecule has 0 aliphatic carbocycles. The summed E-state index contributed by atoms with van der Waals surface area (Å²) in [6.45, 7) is 10.8. The number of hydrogen-bond acceptors (Lipinski definition) is 6. The number of nitrogens with zero attached hydrogens (tertiary/aromatic N) is 1. The molecule has 0 radical (unpaired) electrons. The van der Waals surface area contributed by atoms with E-state index in [2.05, 4.69) is 9.88 Å². The van der Waals surface area contributed by atoms with Gasteiger partial charge in [0.15, 0.2) is 6.61 Å². The van der Waals surface area contributed by atoms with Crippen LogP contribution in [0.25, 0.3) is 0 Å². The lowest BCUT2D eigenvalue weighted by Gasteiger charge is -2.21. The summed E-state index contributed by atoms with van der Waals surface area (Å²) in [6.07, 6.45) is 0.833. The maximum absolute atomic E-state index is 12.8. The van der Waals surface area contributed by atoms with Gasteiger partial charge in [0.1, 0.15) is 11.8 Å². The number of methoxy groups -OCH3 is 1. The number of hydrogen-bond donors (Lipinski definition) is 1. The minimum atomic E-state index is -0.881. The smallest absolute Gasteiger partial charge is 0.329 e. The monoisotopic (exact) mass is 472 g/mol. The number of benzene rings is 1. The fraction of sp³-hybridized carbons (Fsp3) is 0.500. The van der Waals surface area contributed by atoms with Crippen LogP contribution in [-0.4, -0.2) is 55.2 Å². The molecule has 2 rings (SSSR count). The van der Waals surface area contributed by atoms with Crippen molar-refractivity contribution in [1.82, 2.24) is 9.88 Å². The van der Waals surface area contributed by atoms with E-state index in [1.54, 1.807) is 45.2 Å². The van der Waals surface area contributed by atoms with E-state index < -0.39 is 17.9 Å². The number of ketones is 1. The molecule has 0 aliphatic rings. The Morgan fingerprint density at radius 3 is 2.35 bits per heavy atom. The van der Waals surface area contributed by atoms with Gasteiger partial charge in [0.25, 0.3) is 5.91 Å². The van der Waals surface area contributed by atoms with Gasteiger partial charge in [-0.2, -0.15) is 0 Å². The van der Waals surface area contributed by atoms with E-state index in [4.69, 9.17) is 14.2 Å². The lowest BCUT2D eigenvalue weighted by atomic mass is 10.0. The normalized spacial score (nSPS) is 11.9. The van der Waals surface area contributed by atoms with E-state index in [1.165, 1.54) is 0 Å². The van der Waals surface area contributed by atoms with Gasteiger partial charge in [-0.05, 0) is 63.4 Å². The van der Waals surface area contributed by atoms with Gasteiger partial charge in [-0.15, -0.1) is 0 Å². The zero-order valence-electron chi connectivity index (χ0n) is 21.0. The van der Waals surface area contributed by atoms with E-state index >= 15 is 0 Å². The zero-order valence-corrected chi connectivity index (χ0v) is 21.0. The lowest BCUT2D eigenvalue weighted by molar-refractivity contribution is -0.145. The van der Waals surface area contributed by atoms with E-state index in [0.717, 1.165) is 24.4 Å². The Morgan fingerprint density at radius 1 is 1.09 bits per heavy atom. The van der Waals surface area contributed by atoms with Crippen LogP contribution >= 0.6 is 0 Å². The third-order valence-electron chi connectivity index (χ3n) is 5.58. The summed E-state index contributed by atoms with van der Waals surface area (Å²) in [7, 11) is 1.66. The summed E-state index contributed by atoms with van der Waals surface area (Å²) in [6, 6.07) is 7.60. The van der Waals surface area contributed by atoms with Crippen molar-refractivity contribution in [3.8, 4) is 5.75 Å². The number of carbonyl (C=O) groups excluding carboxylic acids is 3. The topological polar surface area (TPSA) is 95.9 Å². The molecule has 1 N–H and O–H groups in total. The fourth-order valence-electron chi connectivity index (χ4n) is 3.69. The van der Waals surface area contributed by atoms with Crippen molar-refractivity contribution in [2.24, 2.45) is 5.92 Å². The standard InChI is InChI=1S/C26H36N2O6/c1-7-33-21-11-9-20(10-12-21)25(30)27-24(17(2)3)26(31)34-16-23(29)22-15-18(4)28(19(22)5)13-8-14-32-6/h9-12,15,17,24H,7-8,13-14,16H2,1-6H3,(H,27,30). The molecule has 0 spiro atoms. The fourth-order valence-corrected chi connectivity index (χ4v) is 3.69. The van der Waals surface area contributed by atoms with Gasteiger partial charge >= 0.3 is 5.97 Å². The Hall–Kier alpha value is -3.13. The number of aromatic nitrogens is 1. The van der Waals surface area contributed by atoms with Gasteiger partial charge in [-0.3, -0.25) is 9.59 Å². The Morgan fingerprint density at radius 2 is 1.76 bits per heavy atom. The number of aryl methyl sites for hydroxylation is 1. The van der Waals surface area contributed by atoms with Gasteiger partial charge < -0.3 is 24.1 Å². The second kappa shape index (κ2) is 12.9. The van der Waals surface area contributed by atoms with E-state index in [0.29, 0.717) is 30.1 Å². The molecule has 186 valence electrons. The quantitative estimate of drug-likeness (QED) is 0.271. The number of Topliss-reactive ketones (excluding diaryl/α,β-unsaturated/α-hetero) is 1. The highest BCUT2D eigenvalue weighted by molar-refractivity contribution is 6.00. The molecule has 8 nitrogen and oxygen atoms in total. The largest absolute Gasteiger partial charge is 0.494 e. The zero-order chi connectivity index (χ0) is 25.3. The summed E-state index contributed by atoms with van der Waals surface area (Å²) in [5.74, 6) is -0.878. The summed E-state index contributed by atoms with van der Waals surface area (Å²) < 4.78 is 17.9. The molecule has 0 bridgehead atoms. The molecule has 2 aromatic rings. The number of carbonyl (C=O) groups is 3. The molecule has 0 saturated carbocycles. The van der Waals surface area contributed by atoms with E-state index in [1.807, 2.05) is 26.8 Å². The average Bonchev–Trinajstić information content (AvgIpc) is 3.09. The Balaban J connectivity index is 2.00. The van der Waals surface area contributed by atoms with E-state index in [-0.39, 0.29) is 18.3 Å². The van der Waals surface area contributed by atoms with Gasteiger partial charge in [0.05, 0.1) is 6.61 Å². The van der Waals surface area contributed by atoms with Crippen molar-refractivity contribution in [2.45, 2.75) is 53.6 Å². The first kappa shape index (κ1) is 27.1. The van der Waals surface area contributed by atoms with Crippen molar-refractivity contribution in [2.75, 3.05) is 26.9 Å². The van der Waals surface area contributed by atoms with Crippen molar-refractivity contribution >= 4 is 17.7 Å². The molecule has 1 atom stereocenters. The van der Waals surface area contributed by atoms with Gasteiger partial charge in [-0.1, -0.05) is 13.8 Å². The van der Waals surface area contributed by atoms with Crippen molar-refractivity contribution in [3.63, 3.8) is 0 Å². The minimum Gasteiger partial charge on any atom is -0.494 e. The van der Waals surface area contributed by atoms with Crippen LogP contribution in [0.5, 0.6) is 5.75 Å². The molecule has 1 heterocycles. The Labute approximate surface area is 201 Å². The van der Waals surface area contributed by atoms with Crippen molar-refractivity contribution in [1.29, 1.82) is 0 Å². The highest BCUT2D eigenvalue weighted by atomic mass is 16.5. The van der Waals surface area contributed by atoms with E-state index in [9.17, 15) is 14.4 Å². The summed E-state index contributed by atoms with van der Waals surface area (Å²) in [5, 5.41) is 2.72. The molecular weight excluding hydrogens is 436 g/mol.